The highest BCUT2D eigenvalue weighted by Crippen LogP contribution is 2.33. The lowest BCUT2D eigenvalue weighted by atomic mass is 10.2. The molecule has 1 heterocycles. The maximum absolute atomic E-state index is 12.9. The maximum Gasteiger partial charge on any atom is 0.247 e. The summed E-state index contributed by atoms with van der Waals surface area (Å²) in [5.41, 5.74) is 1.93. The molecule has 1 saturated heterocycles. The highest BCUT2D eigenvalue weighted by molar-refractivity contribution is 7.92. The van der Waals surface area contributed by atoms with Crippen molar-refractivity contribution in [2.45, 2.75) is 13.0 Å². The van der Waals surface area contributed by atoms with Gasteiger partial charge < -0.3 is 24.4 Å². The Balaban J connectivity index is 1.78. The zero-order valence-electron chi connectivity index (χ0n) is 18.7. The van der Waals surface area contributed by atoms with Gasteiger partial charge in [0, 0.05) is 30.5 Å². The Labute approximate surface area is 188 Å². The predicted molar refractivity (Wildman–Crippen MR) is 124 cm³/mol. The molecular weight excluding hydrogens is 434 g/mol. The number of nitrogens with one attached hydrogen (secondary N) is 1. The van der Waals surface area contributed by atoms with Crippen LogP contribution in [0.3, 0.4) is 0 Å². The molecule has 9 nitrogen and oxygen atoms in total. The molecule has 1 fully saturated rings. The van der Waals surface area contributed by atoms with Crippen molar-refractivity contribution < 1.29 is 27.4 Å². The molecule has 0 bridgehead atoms. The third kappa shape index (κ3) is 5.43. The van der Waals surface area contributed by atoms with E-state index in [9.17, 15) is 13.2 Å². The van der Waals surface area contributed by atoms with Gasteiger partial charge in [0.15, 0.2) is 11.5 Å². The minimum Gasteiger partial charge on any atom is -0.493 e. The number of morpholine rings is 1. The van der Waals surface area contributed by atoms with E-state index in [0.717, 1.165) is 29.3 Å². The predicted octanol–water partition coefficient (Wildman–Crippen LogP) is 2.33. The molecule has 1 aliphatic heterocycles. The highest BCUT2D eigenvalue weighted by atomic mass is 32.2. The molecule has 10 heteroatoms. The van der Waals surface area contributed by atoms with E-state index in [1.54, 1.807) is 24.3 Å². The summed E-state index contributed by atoms with van der Waals surface area (Å²) in [5.74, 6) is 0.372. The highest BCUT2D eigenvalue weighted by Gasteiger charge is 2.30. The van der Waals surface area contributed by atoms with Gasteiger partial charge in [-0.1, -0.05) is 0 Å². The summed E-state index contributed by atoms with van der Waals surface area (Å²) < 4.78 is 42.0. The lowest BCUT2D eigenvalue weighted by Crippen LogP contribution is -2.45. The number of sulfonamides is 1. The molecule has 3 rings (SSSR count). The quantitative estimate of drug-likeness (QED) is 0.642. The topological polar surface area (TPSA) is 97.4 Å². The van der Waals surface area contributed by atoms with E-state index >= 15 is 0 Å². The van der Waals surface area contributed by atoms with Crippen molar-refractivity contribution in [1.29, 1.82) is 0 Å². The van der Waals surface area contributed by atoms with Crippen LogP contribution >= 0.6 is 0 Å². The zero-order valence-corrected chi connectivity index (χ0v) is 19.5. The molecule has 0 saturated carbocycles. The van der Waals surface area contributed by atoms with E-state index in [4.69, 9.17) is 14.2 Å². The molecule has 174 valence electrons. The van der Waals surface area contributed by atoms with E-state index in [2.05, 4.69) is 10.2 Å². The first-order valence-electron chi connectivity index (χ1n) is 10.2. The van der Waals surface area contributed by atoms with Crippen LogP contribution in [0.1, 0.15) is 6.92 Å². The Morgan fingerprint density at radius 3 is 2.25 bits per heavy atom. The number of amides is 1. The summed E-state index contributed by atoms with van der Waals surface area (Å²) in [6, 6.07) is 11.2. The number of benzene rings is 2. The van der Waals surface area contributed by atoms with Crippen molar-refractivity contribution in [1.82, 2.24) is 0 Å². The minimum atomic E-state index is -3.76. The van der Waals surface area contributed by atoms with Gasteiger partial charge in [-0.15, -0.1) is 0 Å². The molecule has 0 unspecified atom stereocenters. The van der Waals surface area contributed by atoms with Gasteiger partial charge >= 0.3 is 0 Å². The lowest BCUT2D eigenvalue weighted by molar-refractivity contribution is -0.116. The van der Waals surface area contributed by atoms with Crippen LogP contribution in [0, 0.1) is 0 Å². The van der Waals surface area contributed by atoms with Gasteiger partial charge in [-0.2, -0.15) is 0 Å². The molecule has 2 aromatic carbocycles. The molecule has 0 aromatic heterocycles. The third-order valence-corrected chi connectivity index (χ3v) is 6.46. The van der Waals surface area contributed by atoms with E-state index in [1.807, 2.05) is 12.1 Å². The van der Waals surface area contributed by atoms with Gasteiger partial charge in [-0.3, -0.25) is 9.10 Å². The number of carbonyl (C=O) groups is 1. The zero-order chi connectivity index (χ0) is 23.3. The first kappa shape index (κ1) is 23.7. The molecule has 2 aromatic rings. The smallest absolute Gasteiger partial charge is 0.247 e. The van der Waals surface area contributed by atoms with Crippen molar-refractivity contribution in [3.63, 3.8) is 0 Å². The number of hydrogen-bond acceptors (Lipinski definition) is 7. The van der Waals surface area contributed by atoms with Crippen molar-refractivity contribution in [3.05, 3.63) is 42.5 Å². The van der Waals surface area contributed by atoms with Gasteiger partial charge in [0.25, 0.3) is 0 Å². The Morgan fingerprint density at radius 1 is 1.06 bits per heavy atom. The standard InChI is InChI=1S/C22H29N3O6S/c1-16(25(32(4,27)28)19-9-10-20(29-2)21(15-19)30-3)22(26)23-17-5-7-18(8-6-17)24-11-13-31-14-12-24/h5-10,15-16H,11-14H2,1-4H3,(H,23,26)/t16-/m1/s1. The van der Waals surface area contributed by atoms with E-state index in [1.165, 1.54) is 27.2 Å². The Bertz CT molecular complexity index is 1040. The van der Waals surface area contributed by atoms with Crippen molar-refractivity contribution in [3.8, 4) is 11.5 Å². The second-order valence-corrected chi connectivity index (χ2v) is 9.27. The average Bonchev–Trinajstić information content (AvgIpc) is 2.79. The van der Waals surface area contributed by atoms with Gasteiger partial charge in [0.2, 0.25) is 15.9 Å². The van der Waals surface area contributed by atoms with Gasteiger partial charge in [-0.25, -0.2) is 8.42 Å². The molecule has 0 aliphatic carbocycles. The SMILES string of the molecule is COc1ccc(N([C@H](C)C(=O)Nc2ccc(N3CCOCC3)cc2)S(C)(=O)=O)cc1OC. The number of nitrogens with zero attached hydrogens (tertiary/aromatic N) is 2. The molecule has 1 N–H and O–H groups in total. The van der Waals surface area contributed by atoms with E-state index in [-0.39, 0.29) is 0 Å². The minimum absolute atomic E-state index is 0.301. The van der Waals surface area contributed by atoms with Crippen LogP contribution in [-0.2, 0) is 19.6 Å². The normalized spacial score (nSPS) is 15.1. The summed E-state index contributed by atoms with van der Waals surface area (Å²) in [4.78, 5) is 15.1. The number of hydrogen-bond donors (Lipinski definition) is 1. The van der Waals surface area contributed by atoms with Crippen LogP contribution in [0.15, 0.2) is 42.5 Å². The molecular formula is C22H29N3O6S. The molecule has 0 radical (unpaired) electrons. The van der Waals surface area contributed by atoms with Crippen LogP contribution < -0.4 is 24.0 Å². The second-order valence-electron chi connectivity index (χ2n) is 7.41. The first-order valence-corrected chi connectivity index (χ1v) is 12.0. The fourth-order valence-electron chi connectivity index (χ4n) is 3.59. The fraction of sp³-hybridized carbons (Fsp3) is 0.409. The van der Waals surface area contributed by atoms with Crippen LogP contribution in [0.25, 0.3) is 0 Å². The van der Waals surface area contributed by atoms with Crippen LogP contribution in [0.4, 0.5) is 17.1 Å². The molecule has 0 spiro atoms. The van der Waals surface area contributed by atoms with Crippen LogP contribution in [0.2, 0.25) is 0 Å². The summed E-state index contributed by atoms with van der Waals surface area (Å²) in [6.45, 7) is 4.55. The van der Waals surface area contributed by atoms with Crippen molar-refractivity contribution in [2.24, 2.45) is 0 Å². The van der Waals surface area contributed by atoms with Gasteiger partial charge in [0.1, 0.15) is 6.04 Å². The van der Waals surface area contributed by atoms with Gasteiger partial charge in [0.05, 0.1) is 39.4 Å². The van der Waals surface area contributed by atoms with Crippen molar-refractivity contribution in [2.75, 3.05) is 61.3 Å². The number of methoxy groups -OCH3 is 2. The Morgan fingerprint density at radius 2 is 1.69 bits per heavy atom. The maximum atomic E-state index is 12.9. The van der Waals surface area contributed by atoms with E-state index < -0.39 is 22.0 Å². The molecule has 32 heavy (non-hydrogen) atoms. The lowest BCUT2D eigenvalue weighted by Gasteiger charge is -2.29. The third-order valence-electron chi connectivity index (χ3n) is 5.22. The van der Waals surface area contributed by atoms with Crippen molar-refractivity contribution >= 4 is 33.0 Å². The second kappa shape index (κ2) is 10.1. The monoisotopic (exact) mass is 463 g/mol. The first-order chi connectivity index (χ1) is 15.2. The van der Waals surface area contributed by atoms with Gasteiger partial charge in [-0.05, 0) is 43.3 Å². The average molecular weight is 464 g/mol. The summed E-state index contributed by atoms with van der Waals surface area (Å²) in [7, 11) is -0.809. The number of carbonyl (C=O) groups excluding carboxylic acids is 1. The van der Waals surface area contributed by atoms with Crippen LogP contribution in [0.5, 0.6) is 11.5 Å². The summed E-state index contributed by atoms with van der Waals surface area (Å²) in [6.07, 6.45) is 1.06. The molecule has 1 atom stereocenters. The largest absolute Gasteiger partial charge is 0.493 e. The van der Waals surface area contributed by atoms with Crippen LogP contribution in [-0.4, -0.2) is 67.1 Å². The number of rotatable bonds is 8. The number of anilines is 3. The molecule has 1 amide bonds. The Hall–Kier alpha value is -2.98. The summed E-state index contributed by atoms with van der Waals surface area (Å²) in [5, 5.41) is 2.80. The number of ether oxygens (including phenoxy) is 3. The van der Waals surface area contributed by atoms with E-state index in [0.29, 0.717) is 36.1 Å². The molecule has 1 aliphatic rings. The fourth-order valence-corrected chi connectivity index (χ4v) is 4.76. The summed E-state index contributed by atoms with van der Waals surface area (Å²) >= 11 is 0. The Kier molecular flexibility index (Phi) is 7.47.